The molecule has 1 unspecified atom stereocenters. The molecule has 0 fully saturated rings. The number of H-pyrrole nitrogens is 1. The number of rotatable bonds is 4. The van der Waals surface area contributed by atoms with Gasteiger partial charge in [-0.05, 0) is 30.5 Å². The molecule has 1 N–H and O–H groups in total. The molecule has 18 heavy (non-hydrogen) atoms. The summed E-state index contributed by atoms with van der Waals surface area (Å²) in [6.07, 6.45) is 1.75. The van der Waals surface area contributed by atoms with E-state index in [2.05, 4.69) is 27.8 Å². The number of carbonyl (C=O) groups is 1. The number of aromatic amines is 1. The van der Waals surface area contributed by atoms with Gasteiger partial charge in [0.2, 0.25) is 0 Å². The number of hydrogen-bond acceptors (Lipinski definition) is 2. The first-order valence-electron chi connectivity index (χ1n) is 5.90. The largest absolute Gasteiger partial charge is 0.459 e. The Balaban J connectivity index is 2.66. The minimum absolute atomic E-state index is 0.224. The summed E-state index contributed by atoms with van der Waals surface area (Å²) in [6, 6.07) is 4.06. The van der Waals surface area contributed by atoms with E-state index in [1.165, 1.54) is 0 Å². The maximum atomic E-state index is 10.7. The van der Waals surface area contributed by atoms with Crippen LogP contribution in [0.4, 0.5) is 0 Å². The smallest absolute Gasteiger partial charge is 0.293 e. The van der Waals surface area contributed by atoms with Crippen LogP contribution in [0.5, 0.6) is 0 Å². The number of fused-ring (bicyclic) bond motifs is 1. The summed E-state index contributed by atoms with van der Waals surface area (Å²) in [5.74, 6) is 0.224. The normalized spacial score (nSPS) is 12.9. The SMILES string of the molecule is Cc1c[nH]c2cc(Br)cc(C(OC=O)C(C)C)c12. The highest BCUT2D eigenvalue weighted by atomic mass is 79.9. The van der Waals surface area contributed by atoms with Gasteiger partial charge in [0.25, 0.3) is 6.47 Å². The van der Waals surface area contributed by atoms with E-state index < -0.39 is 0 Å². The van der Waals surface area contributed by atoms with Crippen molar-refractivity contribution in [3.8, 4) is 0 Å². The van der Waals surface area contributed by atoms with Gasteiger partial charge in [0, 0.05) is 27.1 Å². The number of aryl methyl sites for hydroxylation is 1. The standard InChI is InChI=1S/C14H16BrNO2/c1-8(2)14(18-7-17)11-4-10(15)5-12-13(11)9(3)6-16-12/h4-8,14,16H,1-3H3. The van der Waals surface area contributed by atoms with Crippen LogP contribution >= 0.6 is 15.9 Å². The Morgan fingerprint density at radius 2 is 2.11 bits per heavy atom. The molecule has 3 nitrogen and oxygen atoms in total. The number of carbonyl (C=O) groups excluding carboxylic acids is 1. The van der Waals surface area contributed by atoms with E-state index in [1.54, 1.807) is 0 Å². The average Bonchev–Trinajstić information content (AvgIpc) is 2.66. The van der Waals surface area contributed by atoms with Crippen LogP contribution in [0, 0.1) is 12.8 Å². The van der Waals surface area contributed by atoms with Crippen molar-refractivity contribution in [2.24, 2.45) is 5.92 Å². The van der Waals surface area contributed by atoms with Gasteiger partial charge < -0.3 is 9.72 Å². The van der Waals surface area contributed by atoms with Gasteiger partial charge in [-0.25, -0.2) is 0 Å². The van der Waals surface area contributed by atoms with Gasteiger partial charge in [0.1, 0.15) is 6.10 Å². The molecule has 1 atom stereocenters. The Labute approximate surface area is 115 Å². The molecule has 1 aromatic carbocycles. The van der Waals surface area contributed by atoms with Gasteiger partial charge in [-0.15, -0.1) is 0 Å². The van der Waals surface area contributed by atoms with Crippen molar-refractivity contribution in [2.45, 2.75) is 26.9 Å². The van der Waals surface area contributed by atoms with E-state index in [0.29, 0.717) is 6.47 Å². The number of ether oxygens (including phenoxy) is 1. The zero-order valence-electron chi connectivity index (χ0n) is 10.7. The molecule has 0 aliphatic heterocycles. The highest BCUT2D eigenvalue weighted by Crippen LogP contribution is 2.35. The Morgan fingerprint density at radius 1 is 1.39 bits per heavy atom. The number of aromatic nitrogens is 1. The van der Waals surface area contributed by atoms with Crippen LogP contribution in [0.1, 0.15) is 31.1 Å². The molecule has 0 saturated carbocycles. The summed E-state index contributed by atoms with van der Waals surface area (Å²) in [7, 11) is 0. The Bertz CT molecular complexity index is 574. The number of nitrogens with one attached hydrogen (secondary N) is 1. The van der Waals surface area contributed by atoms with Crippen molar-refractivity contribution >= 4 is 33.3 Å². The average molecular weight is 310 g/mol. The lowest BCUT2D eigenvalue weighted by molar-refractivity contribution is -0.135. The molecular formula is C14H16BrNO2. The first-order valence-corrected chi connectivity index (χ1v) is 6.70. The lowest BCUT2D eigenvalue weighted by atomic mass is 9.94. The predicted octanol–water partition coefficient (Wildman–Crippen LogP) is 4.11. The lowest BCUT2D eigenvalue weighted by Gasteiger charge is -2.21. The van der Waals surface area contributed by atoms with Crippen LogP contribution in [0.25, 0.3) is 10.9 Å². The molecule has 96 valence electrons. The second-order valence-electron chi connectivity index (χ2n) is 4.79. The maximum Gasteiger partial charge on any atom is 0.293 e. The first kappa shape index (κ1) is 13.1. The third-order valence-corrected chi connectivity index (χ3v) is 3.54. The highest BCUT2D eigenvalue weighted by molar-refractivity contribution is 9.10. The van der Waals surface area contributed by atoms with Crippen LogP contribution in [-0.4, -0.2) is 11.5 Å². The Hall–Kier alpha value is -1.29. The van der Waals surface area contributed by atoms with Gasteiger partial charge >= 0.3 is 0 Å². The fourth-order valence-corrected chi connectivity index (χ4v) is 2.79. The monoisotopic (exact) mass is 309 g/mol. The van der Waals surface area contributed by atoms with Crippen molar-refractivity contribution in [1.82, 2.24) is 4.98 Å². The van der Waals surface area contributed by atoms with E-state index in [1.807, 2.05) is 32.2 Å². The van der Waals surface area contributed by atoms with Crippen LogP contribution < -0.4 is 0 Å². The molecule has 0 aliphatic rings. The van der Waals surface area contributed by atoms with Crippen molar-refractivity contribution in [3.05, 3.63) is 33.9 Å². The van der Waals surface area contributed by atoms with Crippen LogP contribution in [0.3, 0.4) is 0 Å². The van der Waals surface area contributed by atoms with Crippen LogP contribution in [0.15, 0.2) is 22.8 Å². The maximum absolute atomic E-state index is 10.7. The third-order valence-electron chi connectivity index (χ3n) is 3.09. The molecule has 4 heteroatoms. The van der Waals surface area contributed by atoms with Gasteiger partial charge in [-0.2, -0.15) is 0 Å². The lowest BCUT2D eigenvalue weighted by Crippen LogP contribution is -2.11. The predicted molar refractivity (Wildman–Crippen MR) is 75.5 cm³/mol. The van der Waals surface area contributed by atoms with Gasteiger partial charge in [0.05, 0.1) is 0 Å². The summed E-state index contributed by atoms with van der Waals surface area (Å²) < 4.78 is 6.24. The fourth-order valence-electron chi connectivity index (χ4n) is 2.31. The number of hydrogen-bond donors (Lipinski definition) is 1. The molecule has 1 heterocycles. The fraction of sp³-hybridized carbons (Fsp3) is 0.357. The van der Waals surface area contributed by atoms with Gasteiger partial charge in [-0.1, -0.05) is 29.8 Å². The van der Waals surface area contributed by atoms with Crippen LogP contribution in [0.2, 0.25) is 0 Å². The summed E-state index contributed by atoms with van der Waals surface area (Å²) in [5, 5.41) is 1.14. The molecule has 1 aromatic heterocycles. The minimum Gasteiger partial charge on any atom is -0.459 e. The van der Waals surface area contributed by atoms with E-state index in [-0.39, 0.29) is 12.0 Å². The van der Waals surface area contributed by atoms with Crippen molar-refractivity contribution in [2.75, 3.05) is 0 Å². The zero-order chi connectivity index (χ0) is 13.3. The zero-order valence-corrected chi connectivity index (χ0v) is 12.2. The van der Waals surface area contributed by atoms with Crippen molar-refractivity contribution in [1.29, 1.82) is 0 Å². The molecule has 2 aromatic rings. The highest BCUT2D eigenvalue weighted by Gasteiger charge is 2.21. The summed E-state index contributed by atoms with van der Waals surface area (Å²) in [4.78, 5) is 13.9. The summed E-state index contributed by atoms with van der Waals surface area (Å²) in [5.41, 5.74) is 3.25. The van der Waals surface area contributed by atoms with E-state index in [4.69, 9.17) is 4.74 Å². The Kier molecular flexibility index (Phi) is 3.76. The van der Waals surface area contributed by atoms with E-state index in [0.717, 1.165) is 26.5 Å². The molecule has 0 radical (unpaired) electrons. The number of halogens is 1. The topological polar surface area (TPSA) is 42.1 Å². The number of benzene rings is 1. The molecule has 0 spiro atoms. The molecule has 0 bridgehead atoms. The molecule has 0 amide bonds. The van der Waals surface area contributed by atoms with Crippen LogP contribution in [-0.2, 0) is 9.53 Å². The quantitative estimate of drug-likeness (QED) is 0.864. The molecule has 0 aliphatic carbocycles. The molecular weight excluding hydrogens is 294 g/mol. The second-order valence-corrected chi connectivity index (χ2v) is 5.70. The first-order chi connectivity index (χ1) is 8.54. The van der Waals surface area contributed by atoms with Gasteiger partial charge in [-0.3, -0.25) is 4.79 Å². The summed E-state index contributed by atoms with van der Waals surface area (Å²) in [6.45, 7) is 6.67. The van der Waals surface area contributed by atoms with Crippen molar-refractivity contribution < 1.29 is 9.53 Å². The minimum atomic E-state index is -0.225. The summed E-state index contributed by atoms with van der Waals surface area (Å²) >= 11 is 3.50. The third kappa shape index (κ3) is 2.29. The molecule has 2 rings (SSSR count). The van der Waals surface area contributed by atoms with E-state index in [9.17, 15) is 4.79 Å². The Morgan fingerprint density at radius 3 is 2.72 bits per heavy atom. The van der Waals surface area contributed by atoms with Gasteiger partial charge in [0.15, 0.2) is 0 Å². The van der Waals surface area contributed by atoms with Crippen molar-refractivity contribution in [3.63, 3.8) is 0 Å². The van der Waals surface area contributed by atoms with E-state index >= 15 is 0 Å². The molecule has 0 saturated heterocycles. The second kappa shape index (κ2) is 5.14.